The molecule has 128 valence electrons. The summed E-state index contributed by atoms with van der Waals surface area (Å²) in [6, 6.07) is 18.8. The fraction of sp³-hybridized carbons (Fsp3) is 0.417. The monoisotopic (exact) mass is 320 g/mol. The molecule has 0 fully saturated rings. The van der Waals surface area contributed by atoms with E-state index in [1.54, 1.807) is 0 Å². The Hall–Kier alpha value is -2.00. The third-order valence-electron chi connectivity index (χ3n) is 4.49. The molecule has 0 bridgehead atoms. The molecule has 1 unspecified atom stereocenters. The summed E-state index contributed by atoms with van der Waals surface area (Å²) >= 11 is 0. The largest absolute Gasteiger partial charge is 0.115 e. The molecule has 0 saturated carbocycles. The molecule has 24 heavy (non-hydrogen) atoms. The molecule has 2 aromatic carbocycles. The number of terminal acetylenes is 1. The lowest BCUT2D eigenvalue weighted by atomic mass is 9.78. The van der Waals surface area contributed by atoms with Crippen LogP contribution in [0.2, 0.25) is 0 Å². The zero-order chi connectivity index (χ0) is 18.4. The molecule has 0 aliphatic heterocycles. The first-order valence-corrected chi connectivity index (χ1v) is 8.68. The molecule has 0 N–H and O–H groups in total. The van der Waals surface area contributed by atoms with Crippen molar-refractivity contribution in [1.29, 1.82) is 0 Å². The van der Waals surface area contributed by atoms with Crippen molar-refractivity contribution in [3.8, 4) is 12.3 Å². The Balaban J connectivity index is 0.000000240. The summed E-state index contributed by atoms with van der Waals surface area (Å²) in [5.41, 5.74) is 4.24. The van der Waals surface area contributed by atoms with Gasteiger partial charge in [0.15, 0.2) is 0 Å². The molecule has 0 nitrogen and oxygen atoms in total. The number of benzene rings is 2. The van der Waals surface area contributed by atoms with Crippen molar-refractivity contribution in [2.75, 3.05) is 0 Å². The minimum Gasteiger partial charge on any atom is -0.115 e. The molecule has 0 radical (unpaired) electrons. The van der Waals surface area contributed by atoms with Crippen LogP contribution in [-0.4, -0.2) is 0 Å². The van der Waals surface area contributed by atoms with Gasteiger partial charge in [0.2, 0.25) is 0 Å². The van der Waals surface area contributed by atoms with Gasteiger partial charge in [-0.3, -0.25) is 0 Å². The zero-order valence-electron chi connectivity index (χ0n) is 16.4. The van der Waals surface area contributed by atoms with E-state index >= 15 is 0 Å². The van der Waals surface area contributed by atoms with Gasteiger partial charge in [0.1, 0.15) is 0 Å². The summed E-state index contributed by atoms with van der Waals surface area (Å²) in [5, 5.41) is 0. The summed E-state index contributed by atoms with van der Waals surface area (Å²) < 4.78 is 0. The number of rotatable bonds is 1. The van der Waals surface area contributed by atoms with Gasteiger partial charge in [-0.1, -0.05) is 96.9 Å². The maximum atomic E-state index is 5.31. The van der Waals surface area contributed by atoms with Crippen LogP contribution < -0.4 is 0 Å². The van der Waals surface area contributed by atoms with Crippen molar-refractivity contribution in [3.05, 3.63) is 71.3 Å². The lowest BCUT2D eigenvalue weighted by Gasteiger charge is -2.27. The van der Waals surface area contributed by atoms with Gasteiger partial charge >= 0.3 is 0 Å². The fourth-order valence-electron chi connectivity index (χ4n) is 2.32. The molecule has 0 aliphatic rings. The van der Waals surface area contributed by atoms with E-state index in [0.29, 0.717) is 11.3 Å². The molecule has 1 atom stereocenters. The van der Waals surface area contributed by atoms with E-state index in [2.05, 4.69) is 96.9 Å². The van der Waals surface area contributed by atoms with Crippen LogP contribution in [0.25, 0.3) is 0 Å². The Kier molecular flexibility index (Phi) is 6.85. The Morgan fingerprint density at radius 1 is 0.833 bits per heavy atom. The lowest BCUT2D eigenvalue weighted by Crippen LogP contribution is -2.14. The molecule has 0 aliphatic carbocycles. The molecule has 0 spiro atoms. The first-order chi connectivity index (χ1) is 11.1. The Labute approximate surface area is 149 Å². The van der Waals surface area contributed by atoms with Gasteiger partial charge < -0.3 is 0 Å². The number of hydrogen-bond acceptors (Lipinski definition) is 0. The minimum absolute atomic E-state index is 0.187. The van der Waals surface area contributed by atoms with Gasteiger partial charge in [0.25, 0.3) is 0 Å². The van der Waals surface area contributed by atoms with E-state index in [0.717, 1.165) is 5.56 Å². The van der Waals surface area contributed by atoms with Crippen LogP contribution in [0, 0.1) is 17.8 Å². The van der Waals surface area contributed by atoms with E-state index in [1.165, 1.54) is 11.1 Å². The second-order valence-corrected chi connectivity index (χ2v) is 8.47. The van der Waals surface area contributed by atoms with E-state index < -0.39 is 0 Å². The van der Waals surface area contributed by atoms with Crippen molar-refractivity contribution in [2.24, 2.45) is 5.41 Å². The third-order valence-corrected chi connectivity index (χ3v) is 4.49. The van der Waals surface area contributed by atoms with E-state index in [9.17, 15) is 0 Å². The summed E-state index contributed by atoms with van der Waals surface area (Å²) in [5.74, 6) is 3.26. The predicted octanol–water partition coefficient (Wildman–Crippen LogP) is 6.80. The van der Waals surface area contributed by atoms with Crippen LogP contribution in [0.15, 0.2) is 54.6 Å². The zero-order valence-corrected chi connectivity index (χ0v) is 16.4. The van der Waals surface area contributed by atoms with Crippen molar-refractivity contribution < 1.29 is 0 Å². The standard InChI is InChI=1S/C12H18.C12H14/c1-10(12(2,3)4)11-8-6-5-7-9-11;1-5-10-7-6-8-11(9-10)12(2,3)4/h5-10H,1-4H3;1,6-9H,2-4H3. The molecule has 0 heteroatoms. The number of hydrogen-bond donors (Lipinski definition) is 0. The maximum absolute atomic E-state index is 5.31. The van der Waals surface area contributed by atoms with Crippen molar-refractivity contribution in [3.63, 3.8) is 0 Å². The van der Waals surface area contributed by atoms with Crippen molar-refractivity contribution >= 4 is 0 Å². The third kappa shape index (κ3) is 6.25. The molecule has 0 amide bonds. The maximum Gasteiger partial charge on any atom is 0.0245 e. The van der Waals surface area contributed by atoms with Crippen LogP contribution in [0.5, 0.6) is 0 Å². The summed E-state index contributed by atoms with van der Waals surface area (Å²) in [4.78, 5) is 0. The van der Waals surface area contributed by atoms with Gasteiger partial charge in [0, 0.05) is 5.56 Å². The van der Waals surface area contributed by atoms with Crippen LogP contribution >= 0.6 is 0 Å². The summed E-state index contributed by atoms with van der Waals surface area (Å²) in [6.45, 7) is 15.7. The van der Waals surface area contributed by atoms with Gasteiger partial charge in [-0.05, 0) is 40.0 Å². The quantitative estimate of drug-likeness (QED) is 0.507. The van der Waals surface area contributed by atoms with E-state index in [4.69, 9.17) is 6.42 Å². The molecule has 0 aromatic heterocycles. The average molecular weight is 321 g/mol. The minimum atomic E-state index is 0.187. The van der Waals surface area contributed by atoms with Crippen LogP contribution in [0.3, 0.4) is 0 Å². The van der Waals surface area contributed by atoms with E-state index in [-0.39, 0.29) is 5.41 Å². The SMILES string of the molecule is C#Cc1cccc(C(C)(C)C)c1.CC(c1ccccc1)C(C)(C)C. The average Bonchev–Trinajstić information content (AvgIpc) is 2.54. The predicted molar refractivity (Wildman–Crippen MR) is 107 cm³/mol. The van der Waals surface area contributed by atoms with Gasteiger partial charge in [-0.2, -0.15) is 0 Å². The molecule has 0 saturated heterocycles. The summed E-state index contributed by atoms with van der Waals surface area (Å²) in [7, 11) is 0. The van der Waals surface area contributed by atoms with Crippen LogP contribution in [0.4, 0.5) is 0 Å². The first kappa shape index (κ1) is 20.0. The van der Waals surface area contributed by atoms with Crippen molar-refractivity contribution in [1.82, 2.24) is 0 Å². The summed E-state index contributed by atoms with van der Waals surface area (Å²) in [6.07, 6.45) is 5.31. The molecule has 0 heterocycles. The smallest absolute Gasteiger partial charge is 0.0245 e. The van der Waals surface area contributed by atoms with Crippen molar-refractivity contribution in [2.45, 2.75) is 59.8 Å². The van der Waals surface area contributed by atoms with Gasteiger partial charge in [-0.15, -0.1) is 6.42 Å². The molecular weight excluding hydrogens is 288 g/mol. The molecular formula is C24H32. The highest BCUT2D eigenvalue weighted by Crippen LogP contribution is 2.33. The second-order valence-electron chi connectivity index (χ2n) is 8.47. The Morgan fingerprint density at radius 3 is 1.88 bits per heavy atom. The highest BCUT2D eigenvalue weighted by atomic mass is 14.3. The normalized spacial score (nSPS) is 12.6. The second kappa shape index (κ2) is 8.20. The van der Waals surface area contributed by atoms with Crippen LogP contribution in [-0.2, 0) is 5.41 Å². The van der Waals surface area contributed by atoms with Gasteiger partial charge in [-0.25, -0.2) is 0 Å². The van der Waals surface area contributed by atoms with E-state index in [1.807, 2.05) is 12.1 Å². The Bertz CT molecular complexity index is 658. The molecule has 2 rings (SSSR count). The highest BCUT2D eigenvalue weighted by molar-refractivity contribution is 5.37. The van der Waals surface area contributed by atoms with Gasteiger partial charge in [0.05, 0.1) is 0 Å². The lowest BCUT2D eigenvalue weighted by molar-refractivity contribution is 0.339. The van der Waals surface area contributed by atoms with Crippen LogP contribution in [0.1, 0.15) is 71.1 Å². The fourth-order valence-corrected chi connectivity index (χ4v) is 2.32. The topological polar surface area (TPSA) is 0 Å². The molecule has 2 aromatic rings. The Morgan fingerprint density at radius 2 is 1.42 bits per heavy atom. The first-order valence-electron chi connectivity index (χ1n) is 8.68. The highest BCUT2D eigenvalue weighted by Gasteiger charge is 2.20.